The van der Waals surface area contributed by atoms with Crippen LogP contribution in [-0.4, -0.2) is 46.2 Å². The summed E-state index contributed by atoms with van der Waals surface area (Å²) in [5, 5.41) is 19.9. The molecule has 0 spiro atoms. The van der Waals surface area contributed by atoms with Crippen molar-refractivity contribution in [3.05, 3.63) is 16.3 Å². The summed E-state index contributed by atoms with van der Waals surface area (Å²) in [5.74, 6) is -0.0618. The zero-order valence-electron chi connectivity index (χ0n) is 9.14. The lowest BCUT2D eigenvalue weighted by molar-refractivity contribution is -0.388. The fourth-order valence-corrected chi connectivity index (χ4v) is 2.03. The van der Waals surface area contributed by atoms with Crippen molar-refractivity contribution >= 4 is 11.5 Å². The van der Waals surface area contributed by atoms with Gasteiger partial charge in [0.15, 0.2) is 5.69 Å². The maximum absolute atomic E-state index is 10.7. The smallest absolute Gasteiger partial charge is 0.366 e. The van der Waals surface area contributed by atoms with Crippen LogP contribution >= 0.6 is 0 Å². The molecule has 2 rings (SSSR count). The van der Waals surface area contributed by atoms with Gasteiger partial charge < -0.3 is 20.3 Å². The zero-order chi connectivity index (χ0) is 11.5. The van der Waals surface area contributed by atoms with Gasteiger partial charge in [-0.05, 0) is 31.4 Å². The number of likely N-dealkylation sites (N-methyl/N-ethyl adjacent to an activating group) is 1. The molecule has 88 valence electrons. The van der Waals surface area contributed by atoms with Crippen LogP contribution < -0.4 is 5.32 Å². The maximum Gasteiger partial charge on any atom is 0.366 e. The molecule has 7 nitrogen and oxygen atoms in total. The first-order valence-corrected chi connectivity index (χ1v) is 5.29. The number of anilines is 1. The lowest BCUT2D eigenvalue weighted by Gasteiger charge is -2.30. The normalized spacial score (nSPS) is 21.9. The van der Waals surface area contributed by atoms with Crippen molar-refractivity contribution in [1.29, 1.82) is 0 Å². The second-order valence-corrected chi connectivity index (χ2v) is 4.14. The van der Waals surface area contributed by atoms with Crippen LogP contribution in [-0.2, 0) is 0 Å². The zero-order valence-corrected chi connectivity index (χ0v) is 9.14. The minimum Gasteiger partial charge on any atom is -0.373 e. The first-order valence-electron chi connectivity index (χ1n) is 5.29. The van der Waals surface area contributed by atoms with Crippen LogP contribution in [0.3, 0.4) is 0 Å². The van der Waals surface area contributed by atoms with Gasteiger partial charge in [0.05, 0.1) is 0 Å². The van der Waals surface area contributed by atoms with Gasteiger partial charge in [0.1, 0.15) is 6.20 Å². The Hall–Kier alpha value is -1.63. The van der Waals surface area contributed by atoms with Gasteiger partial charge in [0.25, 0.3) is 0 Å². The number of nitro groups is 1. The van der Waals surface area contributed by atoms with E-state index in [4.69, 9.17) is 0 Å². The molecule has 1 aromatic rings. The molecule has 1 aliphatic rings. The highest BCUT2D eigenvalue weighted by atomic mass is 16.6. The first-order chi connectivity index (χ1) is 7.66. The third-order valence-electron chi connectivity index (χ3n) is 2.79. The molecule has 1 aromatic heterocycles. The van der Waals surface area contributed by atoms with Crippen LogP contribution in [0.5, 0.6) is 0 Å². The Morgan fingerprint density at radius 2 is 2.56 bits per heavy atom. The van der Waals surface area contributed by atoms with E-state index in [0.717, 1.165) is 25.9 Å². The van der Waals surface area contributed by atoms with Crippen LogP contribution in [0.4, 0.5) is 11.5 Å². The van der Waals surface area contributed by atoms with Crippen molar-refractivity contribution in [2.45, 2.75) is 18.9 Å². The van der Waals surface area contributed by atoms with Gasteiger partial charge in [-0.1, -0.05) is 5.10 Å². The van der Waals surface area contributed by atoms with Crippen LogP contribution in [0.25, 0.3) is 0 Å². The van der Waals surface area contributed by atoms with E-state index >= 15 is 0 Å². The molecule has 0 bridgehead atoms. The van der Waals surface area contributed by atoms with Crippen molar-refractivity contribution < 1.29 is 4.92 Å². The van der Waals surface area contributed by atoms with Crippen LogP contribution in [0.2, 0.25) is 0 Å². The van der Waals surface area contributed by atoms with Crippen LogP contribution in [0.15, 0.2) is 6.20 Å². The predicted octanol–water partition coefficient (Wildman–Crippen LogP) is 0.824. The Kier molecular flexibility index (Phi) is 3.04. The number of hydrogen-bond donors (Lipinski definition) is 2. The molecule has 0 radical (unpaired) electrons. The van der Waals surface area contributed by atoms with Gasteiger partial charge in [-0.25, -0.2) is 0 Å². The number of aromatic amines is 1. The van der Waals surface area contributed by atoms with Gasteiger partial charge in [-0.2, -0.15) is 0 Å². The van der Waals surface area contributed by atoms with E-state index in [2.05, 4.69) is 27.5 Å². The molecular formula is C9H15N5O2. The lowest BCUT2D eigenvalue weighted by Crippen LogP contribution is -2.39. The third kappa shape index (κ3) is 2.30. The molecule has 1 unspecified atom stereocenters. The Morgan fingerprint density at radius 1 is 1.75 bits per heavy atom. The van der Waals surface area contributed by atoms with Crippen molar-refractivity contribution in [2.75, 3.05) is 25.5 Å². The Labute approximate surface area is 93.0 Å². The van der Waals surface area contributed by atoms with Crippen molar-refractivity contribution in [1.82, 2.24) is 15.1 Å². The molecule has 0 aromatic carbocycles. The molecule has 0 saturated carbocycles. The summed E-state index contributed by atoms with van der Waals surface area (Å²) >= 11 is 0. The second kappa shape index (κ2) is 4.48. The minimum absolute atomic E-state index is 0.0618. The Bertz CT molecular complexity index is 378. The highest BCUT2D eigenvalue weighted by molar-refractivity contribution is 5.56. The van der Waals surface area contributed by atoms with E-state index in [1.807, 2.05) is 0 Å². The summed E-state index contributed by atoms with van der Waals surface area (Å²) in [6.45, 7) is 1.99. The summed E-state index contributed by atoms with van der Waals surface area (Å²) in [6, 6.07) is 0.259. The van der Waals surface area contributed by atoms with Crippen LogP contribution in [0.1, 0.15) is 12.8 Å². The average molecular weight is 225 g/mol. The molecule has 7 heteroatoms. The fourth-order valence-electron chi connectivity index (χ4n) is 2.03. The molecule has 1 atom stereocenters. The molecule has 1 fully saturated rings. The fraction of sp³-hybridized carbons (Fsp3) is 0.667. The predicted molar refractivity (Wildman–Crippen MR) is 59.4 cm³/mol. The molecule has 1 aliphatic heterocycles. The molecule has 2 heterocycles. The quantitative estimate of drug-likeness (QED) is 0.587. The van der Waals surface area contributed by atoms with Crippen molar-refractivity contribution in [2.24, 2.45) is 0 Å². The second-order valence-electron chi connectivity index (χ2n) is 4.14. The third-order valence-corrected chi connectivity index (χ3v) is 2.79. The minimum atomic E-state index is -0.456. The number of nitrogens with one attached hydrogen (secondary N) is 2. The summed E-state index contributed by atoms with van der Waals surface area (Å²) in [7, 11) is 2.05. The molecule has 0 aliphatic carbocycles. The standard InChI is InChI=1S/C9H15N5O2/c1-13-4-2-3-7(6-13)11-8-5-10-12-9(8)14(15)16/h5,7,11H,2-4,6H2,1H3,(H,10,12). The van der Waals surface area contributed by atoms with Crippen molar-refractivity contribution in [3.8, 4) is 0 Å². The largest absolute Gasteiger partial charge is 0.373 e. The number of piperidine rings is 1. The van der Waals surface area contributed by atoms with Gasteiger partial charge in [-0.15, -0.1) is 5.10 Å². The van der Waals surface area contributed by atoms with E-state index in [-0.39, 0.29) is 11.9 Å². The number of H-pyrrole nitrogens is 1. The van der Waals surface area contributed by atoms with E-state index in [1.54, 1.807) is 0 Å². The number of nitrogens with zero attached hydrogens (tertiary/aromatic N) is 3. The average Bonchev–Trinajstić information content (AvgIpc) is 2.66. The van der Waals surface area contributed by atoms with Gasteiger partial charge in [-0.3, -0.25) is 0 Å². The topological polar surface area (TPSA) is 87.1 Å². The molecule has 16 heavy (non-hydrogen) atoms. The summed E-state index contributed by atoms with van der Waals surface area (Å²) in [6.07, 6.45) is 3.61. The molecular weight excluding hydrogens is 210 g/mol. The monoisotopic (exact) mass is 225 g/mol. The summed E-state index contributed by atoms with van der Waals surface area (Å²) in [4.78, 5) is 12.4. The van der Waals surface area contributed by atoms with Gasteiger partial charge in [0, 0.05) is 12.6 Å². The summed E-state index contributed by atoms with van der Waals surface area (Å²) in [5.41, 5.74) is 0.477. The number of hydrogen-bond acceptors (Lipinski definition) is 5. The number of aromatic nitrogens is 2. The number of rotatable bonds is 3. The first kappa shape index (κ1) is 10.9. The van der Waals surface area contributed by atoms with E-state index in [0.29, 0.717) is 5.69 Å². The van der Waals surface area contributed by atoms with Gasteiger partial charge >= 0.3 is 5.82 Å². The highest BCUT2D eigenvalue weighted by Gasteiger charge is 2.21. The SMILES string of the molecule is CN1CCCC(Nc2cn[nH]c2[N+](=O)[O-])C1. The Morgan fingerprint density at radius 3 is 3.25 bits per heavy atom. The molecule has 2 N–H and O–H groups in total. The van der Waals surface area contributed by atoms with E-state index in [1.165, 1.54) is 6.20 Å². The molecule has 1 saturated heterocycles. The number of likely N-dealkylation sites (tertiary alicyclic amines) is 1. The highest BCUT2D eigenvalue weighted by Crippen LogP contribution is 2.22. The van der Waals surface area contributed by atoms with Crippen LogP contribution in [0, 0.1) is 10.1 Å². The molecule has 0 amide bonds. The maximum atomic E-state index is 10.7. The summed E-state index contributed by atoms with van der Waals surface area (Å²) < 4.78 is 0. The van der Waals surface area contributed by atoms with Crippen molar-refractivity contribution in [3.63, 3.8) is 0 Å². The van der Waals surface area contributed by atoms with E-state index in [9.17, 15) is 10.1 Å². The van der Waals surface area contributed by atoms with Gasteiger partial charge in [0.2, 0.25) is 0 Å². The Balaban J connectivity index is 2.02. The lowest BCUT2D eigenvalue weighted by atomic mass is 10.1. The van der Waals surface area contributed by atoms with E-state index < -0.39 is 4.92 Å².